The maximum Gasteiger partial charge on any atom is 0.155 e. The molecule has 0 saturated heterocycles. The molecule has 2 aromatic heterocycles. The highest BCUT2D eigenvalue weighted by Crippen LogP contribution is 2.19. The van der Waals surface area contributed by atoms with Gasteiger partial charge in [-0.1, -0.05) is 19.3 Å². The molecule has 2 aromatic rings. The minimum absolute atomic E-state index is 0.485. The SMILES string of the molecule is Brc1cn2c(CNCCOC3CCCCC3)cnc2cn1. The van der Waals surface area contributed by atoms with Crippen LogP contribution in [0, 0.1) is 0 Å². The van der Waals surface area contributed by atoms with Gasteiger partial charge in [0.25, 0.3) is 0 Å². The van der Waals surface area contributed by atoms with Gasteiger partial charge in [-0.2, -0.15) is 0 Å². The summed E-state index contributed by atoms with van der Waals surface area (Å²) < 4.78 is 8.77. The standard InChI is InChI=1S/C15H21BrN4O/c16-14-11-20-12(9-19-15(20)10-18-14)8-17-6-7-21-13-4-2-1-3-5-13/h9-11,13,17H,1-8H2. The molecule has 3 rings (SSSR count). The number of fused-ring (bicyclic) bond motifs is 1. The third-order valence-corrected chi connectivity index (χ3v) is 4.34. The van der Waals surface area contributed by atoms with Crippen LogP contribution in [0.3, 0.4) is 0 Å². The summed E-state index contributed by atoms with van der Waals surface area (Å²) in [6, 6.07) is 0. The lowest BCUT2D eigenvalue weighted by molar-refractivity contribution is 0.0302. The molecule has 1 aliphatic rings. The fraction of sp³-hybridized carbons (Fsp3) is 0.600. The molecule has 0 unspecified atom stereocenters. The van der Waals surface area contributed by atoms with Gasteiger partial charge in [0.15, 0.2) is 5.65 Å². The van der Waals surface area contributed by atoms with E-state index in [4.69, 9.17) is 4.74 Å². The number of ether oxygens (including phenoxy) is 1. The molecule has 114 valence electrons. The maximum absolute atomic E-state index is 5.91. The van der Waals surface area contributed by atoms with Gasteiger partial charge in [0.2, 0.25) is 0 Å². The van der Waals surface area contributed by atoms with Crippen LogP contribution >= 0.6 is 15.9 Å². The van der Waals surface area contributed by atoms with Gasteiger partial charge in [0, 0.05) is 19.3 Å². The molecule has 1 saturated carbocycles. The molecule has 0 spiro atoms. The molecular weight excluding hydrogens is 332 g/mol. The van der Waals surface area contributed by atoms with Crippen LogP contribution in [-0.2, 0) is 11.3 Å². The second-order valence-corrected chi connectivity index (χ2v) is 6.31. The summed E-state index contributed by atoms with van der Waals surface area (Å²) in [5.41, 5.74) is 2.00. The zero-order valence-electron chi connectivity index (χ0n) is 12.1. The largest absolute Gasteiger partial charge is 0.377 e. The highest BCUT2D eigenvalue weighted by Gasteiger charge is 2.13. The third-order valence-electron chi connectivity index (χ3n) is 3.93. The topological polar surface area (TPSA) is 51.5 Å². The Bertz CT molecular complexity index is 580. The van der Waals surface area contributed by atoms with Crippen molar-refractivity contribution in [3.8, 4) is 0 Å². The molecule has 21 heavy (non-hydrogen) atoms. The molecule has 6 heteroatoms. The lowest BCUT2D eigenvalue weighted by Gasteiger charge is -2.22. The third kappa shape index (κ3) is 4.02. The molecule has 5 nitrogen and oxygen atoms in total. The van der Waals surface area contributed by atoms with E-state index in [1.165, 1.54) is 32.1 Å². The molecule has 0 bridgehead atoms. The van der Waals surface area contributed by atoms with E-state index in [-0.39, 0.29) is 0 Å². The number of rotatable bonds is 6. The van der Waals surface area contributed by atoms with Crippen molar-refractivity contribution in [1.29, 1.82) is 0 Å². The summed E-state index contributed by atoms with van der Waals surface area (Å²) in [6.07, 6.45) is 12.6. The lowest BCUT2D eigenvalue weighted by atomic mass is 9.98. The molecule has 1 fully saturated rings. The van der Waals surface area contributed by atoms with Crippen LogP contribution in [0.15, 0.2) is 23.2 Å². The maximum atomic E-state index is 5.91. The molecule has 0 radical (unpaired) electrons. The van der Waals surface area contributed by atoms with Crippen LogP contribution in [0.1, 0.15) is 37.8 Å². The van der Waals surface area contributed by atoms with E-state index < -0.39 is 0 Å². The first-order chi connectivity index (χ1) is 10.3. The second kappa shape index (κ2) is 7.33. The zero-order chi connectivity index (χ0) is 14.5. The fourth-order valence-corrected chi connectivity index (χ4v) is 3.10. The van der Waals surface area contributed by atoms with Gasteiger partial charge in [-0.05, 0) is 28.8 Å². The predicted octanol–water partition coefficient (Wildman–Crippen LogP) is 2.93. The van der Waals surface area contributed by atoms with E-state index in [0.29, 0.717) is 6.10 Å². The first-order valence-electron chi connectivity index (χ1n) is 7.63. The van der Waals surface area contributed by atoms with Crippen LogP contribution in [0.4, 0.5) is 0 Å². The summed E-state index contributed by atoms with van der Waals surface area (Å²) >= 11 is 3.39. The van der Waals surface area contributed by atoms with Gasteiger partial charge < -0.3 is 10.1 Å². The Morgan fingerprint density at radius 2 is 2.10 bits per heavy atom. The number of hydrogen-bond donors (Lipinski definition) is 1. The van der Waals surface area contributed by atoms with Crippen molar-refractivity contribution >= 4 is 21.6 Å². The number of imidazole rings is 1. The van der Waals surface area contributed by atoms with E-state index in [9.17, 15) is 0 Å². The number of nitrogens with one attached hydrogen (secondary N) is 1. The van der Waals surface area contributed by atoms with Crippen molar-refractivity contribution in [1.82, 2.24) is 19.7 Å². The summed E-state index contributed by atoms with van der Waals surface area (Å²) in [4.78, 5) is 8.52. The Morgan fingerprint density at radius 3 is 2.95 bits per heavy atom. The van der Waals surface area contributed by atoms with Crippen molar-refractivity contribution < 1.29 is 4.74 Å². The second-order valence-electron chi connectivity index (χ2n) is 5.50. The molecule has 0 aliphatic heterocycles. The van der Waals surface area contributed by atoms with E-state index in [1.54, 1.807) is 6.20 Å². The van der Waals surface area contributed by atoms with Gasteiger partial charge >= 0.3 is 0 Å². The van der Waals surface area contributed by atoms with Crippen LogP contribution < -0.4 is 5.32 Å². The number of nitrogens with zero attached hydrogens (tertiary/aromatic N) is 3. The van der Waals surface area contributed by atoms with E-state index in [0.717, 1.165) is 35.6 Å². The van der Waals surface area contributed by atoms with Gasteiger partial charge in [0.1, 0.15) is 4.60 Å². The first kappa shape index (κ1) is 14.9. The van der Waals surface area contributed by atoms with Crippen molar-refractivity contribution in [2.45, 2.75) is 44.8 Å². The quantitative estimate of drug-likeness (QED) is 0.812. The molecule has 0 amide bonds. The van der Waals surface area contributed by atoms with Gasteiger partial charge in [0.05, 0.1) is 30.8 Å². The summed E-state index contributed by atoms with van der Waals surface area (Å²) in [5.74, 6) is 0. The summed E-state index contributed by atoms with van der Waals surface area (Å²) in [7, 11) is 0. The van der Waals surface area contributed by atoms with Gasteiger partial charge in [-0.3, -0.25) is 4.40 Å². The summed E-state index contributed by atoms with van der Waals surface area (Å²) in [5, 5.41) is 3.42. The van der Waals surface area contributed by atoms with Crippen LogP contribution in [0.2, 0.25) is 0 Å². The average molecular weight is 353 g/mol. The van der Waals surface area contributed by atoms with Crippen LogP contribution in [0.5, 0.6) is 0 Å². The van der Waals surface area contributed by atoms with Crippen LogP contribution in [-0.4, -0.2) is 33.6 Å². The van der Waals surface area contributed by atoms with Gasteiger partial charge in [-0.15, -0.1) is 0 Å². The lowest BCUT2D eigenvalue weighted by Crippen LogP contribution is -2.24. The van der Waals surface area contributed by atoms with Crippen molar-refractivity contribution in [2.75, 3.05) is 13.2 Å². The highest BCUT2D eigenvalue weighted by atomic mass is 79.9. The van der Waals surface area contributed by atoms with Crippen molar-refractivity contribution in [3.05, 3.63) is 28.9 Å². The van der Waals surface area contributed by atoms with E-state index >= 15 is 0 Å². The van der Waals surface area contributed by atoms with E-state index in [2.05, 4.69) is 31.2 Å². The monoisotopic (exact) mass is 352 g/mol. The zero-order valence-corrected chi connectivity index (χ0v) is 13.7. The summed E-state index contributed by atoms with van der Waals surface area (Å²) in [6.45, 7) is 2.44. The Hall–Kier alpha value is -0.980. The smallest absolute Gasteiger partial charge is 0.155 e. The van der Waals surface area contributed by atoms with E-state index in [1.807, 2.05) is 16.8 Å². The highest BCUT2D eigenvalue weighted by molar-refractivity contribution is 9.10. The first-order valence-corrected chi connectivity index (χ1v) is 8.42. The Kier molecular flexibility index (Phi) is 5.22. The Balaban J connectivity index is 1.43. The average Bonchev–Trinajstić information content (AvgIpc) is 2.90. The molecule has 1 N–H and O–H groups in total. The van der Waals surface area contributed by atoms with Gasteiger partial charge in [-0.25, -0.2) is 9.97 Å². The Labute approximate surface area is 133 Å². The molecule has 1 aliphatic carbocycles. The minimum atomic E-state index is 0.485. The van der Waals surface area contributed by atoms with Crippen molar-refractivity contribution in [3.63, 3.8) is 0 Å². The number of hydrogen-bond acceptors (Lipinski definition) is 4. The van der Waals surface area contributed by atoms with Crippen LogP contribution in [0.25, 0.3) is 5.65 Å². The molecule has 0 atom stereocenters. The number of halogens is 1. The number of aromatic nitrogens is 3. The molecule has 2 heterocycles. The normalized spacial score (nSPS) is 16.6. The Morgan fingerprint density at radius 1 is 1.24 bits per heavy atom. The van der Waals surface area contributed by atoms with Crippen molar-refractivity contribution in [2.24, 2.45) is 0 Å². The molecule has 0 aromatic carbocycles. The molecular formula is C15H21BrN4O. The predicted molar refractivity (Wildman–Crippen MR) is 85.2 cm³/mol. The minimum Gasteiger partial charge on any atom is -0.377 e. The fourth-order valence-electron chi connectivity index (χ4n) is 2.79.